The lowest BCUT2D eigenvalue weighted by Crippen LogP contribution is -2.62. The van der Waals surface area contributed by atoms with Crippen LogP contribution >= 0.6 is 0 Å². The highest BCUT2D eigenvalue weighted by Gasteiger charge is 2.66. The van der Waals surface area contributed by atoms with Crippen LogP contribution in [-0.2, 0) is 4.79 Å². The Morgan fingerprint density at radius 2 is 1.74 bits per heavy atom. The van der Waals surface area contributed by atoms with Gasteiger partial charge in [0.1, 0.15) is 6.04 Å². The molecule has 0 aromatic carbocycles. The van der Waals surface area contributed by atoms with Crippen molar-refractivity contribution in [3.05, 3.63) is 11.6 Å². The summed E-state index contributed by atoms with van der Waals surface area (Å²) in [6.07, 6.45) is 13.5. The Morgan fingerprint density at radius 3 is 2.34 bits per heavy atom. The maximum atomic E-state index is 11.6. The Hall–Kier alpha value is -0.870. The number of aliphatic hydroxyl groups is 1. The fourth-order valence-electron chi connectivity index (χ4n) is 10.1. The van der Waals surface area contributed by atoms with Gasteiger partial charge in [-0.25, -0.2) is 0 Å². The SMILES string of the molecule is CC(C)[C@@H]1CC[C@]2(C)[C@H](CC=C3[C@@H]4CC(C)(C)CC[C@]4(CO)CC[C@]32C)[C@@]1(C)CC[C@H](N)C(=O)O. The van der Waals surface area contributed by atoms with Gasteiger partial charge in [-0.15, -0.1) is 0 Å². The summed E-state index contributed by atoms with van der Waals surface area (Å²) in [6, 6.07) is -0.776. The summed E-state index contributed by atoms with van der Waals surface area (Å²) in [4.78, 5) is 11.6. The Balaban J connectivity index is 1.76. The molecule has 35 heavy (non-hydrogen) atoms. The summed E-state index contributed by atoms with van der Waals surface area (Å²) in [7, 11) is 0. The molecule has 4 rings (SSSR count). The van der Waals surface area contributed by atoms with Crippen LogP contribution in [0.15, 0.2) is 11.6 Å². The molecule has 200 valence electrons. The van der Waals surface area contributed by atoms with Gasteiger partial charge in [-0.3, -0.25) is 4.79 Å². The number of allylic oxidation sites excluding steroid dienone is 2. The average molecular weight is 488 g/mol. The van der Waals surface area contributed by atoms with E-state index in [9.17, 15) is 15.0 Å². The minimum absolute atomic E-state index is 0.0662. The van der Waals surface area contributed by atoms with Gasteiger partial charge in [0.15, 0.2) is 0 Å². The Bertz CT molecular complexity index is 863. The molecule has 0 amide bonds. The van der Waals surface area contributed by atoms with Crippen LogP contribution in [-0.4, -0.2) is 28.8 Å². The topological polar surface area (TPSA) is 83.5 Å². The highest BCUT2D eigenvalue weighted by molar-refractivity contribution is 5.72. The molecule has 0 unspecified atom stereocenters. The third-order valence-electron chi connectivity index (χ3n) is 12.6. The van der Waals surface area contributed by atoms with Gasteiger partial charge >= 0.3 is 5.97 Å². The molecule has 0 aliphatic heterocycles. The second-order valence-electron chi connectivity index (χ2n) is 15.0. The zero-order valence-electron chi connectivity index (χ0n) is 23.6. The van der Waals surface area contributed by atoms with E-state index >= 15 is 0 Å². The van der Waals surface area contributed by atoms with Crippen LogP contribution in [0.25, 0.3) is 0 Å². The third kappa shape index (κ3) is 4.04. The molecule has 0 aromatic rings. The van der Waals surface area contributed by atoms with Gasteiger partial charge in [0.2, 0.25) is 0 Å². The lowest BCUT2D eigenvalue weighted by atomic mass is 9.35. The number of carboxylic acids is 1. The summed E-state index contributed by atoms with van der Waals surface area (Å²) >= 11 is 0. The number of aliphatic carboxylic acids is 1. The monoisotopic (exact) mass is 487 g/mol. The Kier molecular flexibility index (Phi) is 6.88. The van der Waals surface area contributed by atoms with Crippen LogP contribution in [0.3, 0.4) is 0 Å². The summed E-state index contributed by atoms with van der Waals surface area (Å²) in [6.45, 7) is 17.5. The number of carbonyl (C=O) groups is 1. The summed E-state index contributed by atoms with van der Waals surface area (Å²) in [5.41, 5.74) is 8.51. The maximum Gasteiger partial charge on any atom is 0.320 e. The molecule has 4 N–H and O–H groups in total. The van der Waals surface area contributed by atoms with Crippen molar-refractivity contribution in [2.24, 2.45) is 56.5 Å². The smallest absolute Gasteiger partial charge is 0.320 e. The number of nitrogens with two attached hydrogens (primary N) is 1. The molecule has 0 radical (unpaired) electrons. The van der Waals surface area contributed by atoms with Crippen LogP contribution in [0.2, 0.25) is 0 Å². The zero-order chi connectivity index (χ0) is 26.0. The van der Waals surface area contributed by atoms with Crippen molar-refractivity contribution >= 4 is 5.97 Å². The van der Waals surface area contributed by atoms with E-state index < -0.39 is 12.0 Å². The van der Waals surface area contributed by atoms with Crippen LogP contribution in [0, 0.1) is 50.7 Å². The fourth-order valence-corrected chi connectivity index (χ4v) is 10.1. The Morgan fingerprint density at radius 1 is 1.09 bits per heavy atom. The molecular weight excluding hydrogens is 434 g/mol. The van der Waals surface area contributed by atoms with Gasteiger partial charge in [0.05, 0.1) is 0 Å². The number of carboxylic acid groups (broad SMARTS) is 1. The molecule has 4 aliphatic carbocycles. The molecule has 3 saturated carbocycles. The standard InChI is InChI=1S/C31H53NO3/c1-20(2)21-10-13-30(7)25(28(21,5)12-11-24(32)26(34)35)9-8-22-23-18-27(3,4)14-16-31(23,19-33)17-15-29(22,30)6/h8,20-21,23-25,33H,9-19,32H2,1-7H3,(H,34,35)/t21-,23-,24-,25+,28-,29+,30+,31+/m0/s1. The third-order valence-corrected chi connectivity index (χ3v) is 12.6. The molecule has 0 saturated heterocycles. The van der Waals surface area contributed by atoms with E-state index in [2.05, 4.69) is 54.5 Å². The van der Waals surface area contributed by atoms with Crippen LogP contribution in [0.5, 0.6) is 0 Å². The first-order valence-electron chi connectivity index (χ1n) is 14.5. The van der Waals surface area contributed by atoms with Crippen molar-refractivity contribution in [1.29, 1.82) is 0 Å². The van der Waals surface area contributed by atoms with E-state index in [-0.39, 0.29) is 21.7 Å². The number of hydrogen-bond donors (Lipinski definition) is 3. The van der Waals surface area contributed by atoms with Crippen molar-refractivity contribution < 1.29 is 15.0 Å². The molecule has 4 nitrogen and oxygen atoms in total. The van der Waals surface area contributed by atoms with Gasteiger partial charge in [0, 0.05) is 12.0 Å². The predicted molar refractivity (Wildman–Crippen MR) is 143 cm³/mol. The van der Waals surface area contributed by atoms with E-state index in [1.807, 2.05) is 0 Å². The molecule has 0 bridgehead atoms. The number of aliphatic hydroxyl groups excluding tert-OH is 1. The molecule has 0 spiro atoms. The molecule has 3 fully saturated rings. The highest BCUT2D eigenvalue weighted by Crippen LogP contribution is 2.74. The van der Waals surface area contributed by atoms with E-state index in [1.54, 1.807) is 5.57 Å². The van der Waals surface area contributed by atoms with E-state index in [1.165, 1.54) is 32.1 Å². The molecular formula is C31H53NO3. The van der Waals surface area contributed by atoms with E-state index in [4.69, 9.17) is 5.73 Å². The normalized spacial score (nSPS) is 45.7. The quantitative estimate of drug-likeness (QED) is 0.359. The maximum absolute atomic E-state index is 11.6. The fraction of sp³-hybridized carbons (Fsp3) is 0.903. The minimum atomic E-state index is -0.876. The summed E-state index contributed by atoms with van der Waals surface area (Å²) in [5.74, 6) is 1.31. The summed E-state index contributed by atoms with van der Waals surface area (Å²) < 4.78 is 0. The second kappa shape index (κ2) is 8.86. The second-order valence-corrected chi connectivity index (χ2v) is 15.0. The van der Waals surface area contributed by atoms with Gasteiger partial charge < -0.3 is 15.9 Å². The lowest BCUT2D eigenvalue weighted by Gasteiger charge is -2.69. The van der Waals surface area contributed by atoms with Crippen LogP contribution in [0.1, 0.15) is 113 Å². The average Bonchev–Trinajstić information content (AvgIpc) is 2.77. The van der Waals surface area contributed by atoms with Gasteiger partial charge in [-0.2, -0.15) is 0 Å². The largest absolute Gasteiger partial charge is 0.480 e. The first-order valence-corrected chi connectivity index (χ1v) is 14.5. The first kappa shape index (κ1) is 27.2. The van der Waals surface area contributed by atoms with Crippen molar-refractivity contribution in [3.8, 4) is 0 Å². The highest BCUT2D eigenvalue weighted by atomic mass is 16.4. The molecule has 4 aliphatic rings. The molecule has 8 atom stereocenters. The number of hydrogen-bond acceptors (Lipinski definition) is 3. The van der Waals surface area contributed by atoms with Gasteiger partial charge in [-0.05, 0) is 110 Å². The van der Waals surface area contributed by atoms with Crippen molar-refractivity contribution in [2.75, 3.05) is 6.61 Å². The van der Waals surface area contributed by atoms with Gasteiger partial charge in [0.25, 0.3) is 0 Å². The van der Waals surface area contributed by atoms with E-state index in [0.717, 1.165) is 25.7 Å². The number of fused-ring (bicyclic) bond motifs is 5. The van der Waals surface area contributed by atoms with E-state index in [0.29, 0.717) is 42.1 Å². The lowest BCUT2D eigenvalue weighted by molar-refractivity contribution is -0.161. The van der Waals surface area contributed by atoms with Crippen molar-refractivity contribution in [2.45, 2.75) is 119 Å². The Labute approximate surface area is 214 Å². The first-order chi connectivity index (χ1) is 16.2. The summed E-state index contributed by atoms with van der Waals surface area (Å²) in [5, 5.41) is 20.2. The number of rotatable bonds is 6. The molecule has 0 aromatic heterocycles. The van der Waals surface area contributed by atoms with Crippen LogP contribution in [0.4, 0.5) is 0 Å². The van der Waals surface area contributed by atoms with Crippen LogP contribution < -0.4 is 5.73 Å². The van der Waals surface area contributed by atoms with Crippen molar-refractivity contribution in [3.63, 3.8) is 0 Å². The predicted octanol–water partition coefficient (Wildman–Crippen LogP) is 6.81. The molecule has 0 heterocycles. The zero-order valence-corrected chi connectivity index (χ0v) is 23.6. The minimum Gasteiger partial charge on any atom is -0.480 e. The van der Waals surface area contributed by atoms with Crippen molar-refractivity contribution in [1.82, 2.24) is 0 Å². The molecule has 4 heteroatoms. The van der Waals surface area contributed by atoms with Gasteiger partial charge in [-0.1, -0.05) is 60.1 Å².